The summed E-state index contributed by atoms with van der Waals surface area (Å²) in [6.45, 7) is 0.00746. The largest absolute Gasteiger partial charge is 0.493 e. The van der Waals surface area contributed by atoms with Gasteiger partial charge < -0.3 is 29.4 Å². The van der Waals surface area contributed by atoms with Crippen molar-refractivity contribution in [3.05, 3.63) is 39.6 Å². The van der Waals surface area contributed by atoms with Gasteiger partial charge >= 0.3 is 0 Å². The van der Waals surface area contributed by atoms with E-state index in [-0.39, 0.29) is 24.8 Å². The Bertz CT molecular complexity index is 1170. The zero-order valence-electron chi connectivity index (χ0n) is 16.4. The zero-order valence-corrected chi connectivity index (χ0v) is 16.4. The molecule has 0 unspecified atom stereocenters. The molecule has 0 saturated heterocycles. The van der Waals surface area contributed by atoms with Crippen molar-refractivity contribution >= 4 is 22.5 Å². The minimum Gasteiger partial charge on any atom is -0.493 e. The van der Waals surface area contributed by atoms with Crippen molar-refractivity contribution in [1.82, 2.24) is 9.97 Å². The number of benzene rings is 2. The Morgan fingerprint density at radius 3 is 2.40 bits per heavy atom. The highest BCUT2D eigenvalue weighted by molar-refractivity contribution is 5.92. The molecule has 11 nitrogen and oxygen atoms in total. The van der Waals surface area contributed by atoms with Gasteiger partial charge in [-0.05, 0) is 12.1 Å². The summed E-state index contributed by atoms with van der Waals surface area (Å²) in [5.41, 5.74) is 7.06. The van der Waals surface area contributed by atoms with E-state index in [1.807, 2.05) is 0 Å². The number of nitrogens with zero attached hydrogens (tertiary/aromatic N) is 3. The number of hydrogen-bond acceptors (Lipinski definition) is 10. The molecule has 156 valence electrons. The van der Waals surface area contributed by atoms with E-state index in [1.54, 1.807) is 12.1 Å². The Balaban J connectivity index is 1.93. The Kier molecular flexibility index (Phi) is 4.78. The second kappa shape index (κ2) is 7.43. The first kappa shape index (κ1) is 19.3. The fraction of sp³-hybridized carbons (Fsp3) is 0.263. The molecule has 0 saturated carbocycles. The quantitative estimate of drug-likeness (QED) is 0.472. The van der Waals surface area contributed by atoms with E-state index in [2.05, 4.69) is 9.97 Å². The molecule has 2 N–H and O–H groups in total. The normalized spacial score (nSPS) is 12.1. The SMILES string of the molecule is COc1cc2c(Cc3cc4c(cc3[N+](=O)[O-])OCO4)nc(N)nc2c(OC)c1OC. The van der Waals surface area contributed by atoms with Gasteiger partial charge in [-0.1, -0.05) is 0 Å². The summed E-state index contributed by atoms with van der Waals surface area (Å²) in [7, 11) is 4.44. The standard InChI is InChI=1S/C19H18N4O7/c1-26-15-6-10-11(21-19(20)22-16(10)18(28-3)17(15)27-2)4-9-5-13-14(30-8-29-13)7-12(9)23(24)25/h5-7H,4,8H2,1-3H3,(H2,20,21,22). The molecule has 0 spiro atoms. The Labute approximate surface area is 170 Å². The molecule has 3 aromatic rings. The molecule has 0 atom stereocenters. The van der Waals surface area contributed by atoms with Gasteiger partial charge in [-0.2, -0.15) is 0 Å². The fourth-order valence-electron chi connectivity index (χ4n) is 3.41. The van der Waals surface area contributed by atoms with Gasteiger partial charge in [0, 0.05) is 17.4 Å². The molecule has 0 aliphatic carbocycles. The molecular weight excluding hydrogens is 396 g/mol. The molecule has 30 heavy (non-hydrogen) atoms. The molecule has 11 heteroatoms. The van der Waals surface area contributed by atoms with Crippen LogP contribution in [0.2, 0.25) is 0 Å². The van der Waals surface area contributed by atoms with Gasteiger partial charge in [-0.25, -0.2) is 9.97 Å². The summed E-state index contributed by atoms with van der Waals surface area (Å²) in [6, 6.07) is 4.60. The van der Waals surface area contributed by atoms with E-state index in [9.17, 15) is 10.1 Å². The molecule has 2 aromatic carbocycles. The van der Waals surface area contributed by atoms with Crippen molar-refractivity contribution in [2.24, 2.45) is 0 Å². The maximum atomic E-state index is 11.6. The third kappa shape index (κ3) is 3.09. The van der Waals surface area contributed by atoms with Crippen LogP contribution in [0.25, 0.3) is 10.9 Å². The number of nitro groups is 1. The number of fused-ring (bicyclic) bond motifs is 2. The molecule has 4 rings (SSSR count). The third-order valence-corrected chi connectivity index (χ3v) is 4.72. The summed E-state index contributed by atoms with van der Waals surface area (Å²) in [6.07, 6.45) is 0.0921. The van der Waals surface area contributed by atoms with Gasteiger partial charge in [-0.3, -0.25) is 10.1 Å². The molecular formula is C19H18N4O7. The second-order valence-corrected chi connectivity index (χ2v) is 6.34. The Morgan fingerprint density at radius 2 is 1.77 bits per heavy atom. The van der Waals surface area contributed by atoms with Crippen LogP contribution in [0.5, 0.6) is 28.7 Å². The van der Waals surface area contributed by atoms with E-state index in [0.29, 0.717) is 50.9 Å². The minimum atomic E-state index is -0.478. The highest BCUT2D eigenvalue weighted by Gasteiger charge is 2.26. The van der Waals surface area contributed by atoms with Crippen LogP contribution in [0, 0.1) is 10.1 Å². The maximum Gasteiger partial charge on any atom is 0.276 e. The smallest absolute Gasteiger partial charge is 0.276 e. The minimum absolute atomic E-state index is 0.00746. The van der Waals surface area contributed by atoms with Gasteiger partial charge in [-0.15, -0.1) is 0 Å². The van der Waals surface area contributed by atoms with Crippen LogP contribution in [0.4, 0.5) is 11.6 Å². The van der Waals surface area contributed by atoms with Crippen LogP contribution in [0.15, 0.2) is 18.2 Å². The van der Waals surface area contributed by atoms with Crippen LogP contribution in [0.1, 0.15) is 11.3 Å². The van der Waals surface area contributed by atoms with Gasteiger partial charge in [0.2, 0.25) is 18.5 Å². The van der Waals surface area contributed by atoms with E-state index in [4.69, 9.17) is 29.4 Å². The third-order valence-electron chi connectivity index (χ3n) is 4.72. The van der Waals surface area contributed by atoms with Crippen molar-refractivity contribution in [3.8, 4) is 28.7 Å². The summed E-state index contributed by atoms with van der Waals surface area (Å²) in [5.74, 6) is 1.82. The van der Waals surface area contributed by atoms with Gasteiger partial charge in [0.1, 0.15) is 5.52 Å². The lowest BCUT2D eigenvalue weighted by molar-refractivity contribution is -0.385. The van der Waals surface area contributed by atoms with Crippen LogP contribution in [-0.2, 0) is 6.42 Å². The van der Waals surface area contributed by atoms with Gasteiger partial charge in [0.05, 0.1) is 38.0 Å². The first-order valence-electron chi connectivity index (χ1n) is 8.78. The number of anilines is 1. The number of nitrogens with two attached hydrogens (primary N) is 1. The molecule has 1 aliphatic rings. The first-order valence-corrected chi connectivity index (χ1v) is 8.78. The number of aromatic nitrogens is 2. The average Bonchev–Trinajstić information content (AvgIpc) is 3.19. The highest BCUT2D eigenvalue weighted by Crippen LogP contribution is 2.44. The molecule has 1 aliphatic heterocycles. The summed E-state index contributed by atoms with van der Waals surface area (Å²) < 4.78 is 26.9. The molecule has 1 aromatic heterocycles. The highest BCUT2D eigenvalue weighted by atomic mass is 16.7. The van der Waals surface area contributed by atoms with Crippen molar-refractivity contribution in [3.63, 3.8) is 0 Å². The van der Waals surface area contributed by atoms with Crippen LogP contribution in [0.3, 0.4) is 0 Å². The Hall–Kier alpha value is -4.02. The molecule has 0 radical (unpaired) electrons. The van der Waals surface area contributed by atoms with Gasteiger partial charge in [0.15, 0.2) is 23.0 Å². The number of nitro benzene ring substituents is 1. The Morgan fingerprint density at radius 1 is 1.07 bits per heavy atom. The maximum absolute atomic E-state index is 11.6. The lowest BCUT2D eigenvalue weighted by Crippen LogP contribution is -2.06. The number of nitrogen functional groups attached to an aromatic ring is 1. The van der Waals surface area contributed by atoms with Crippen molar-refractivity contribution < 1.29 is 28.6 Å². The second-order valence-electron chi connectivity index (χ2n) is 6.34. The lowest BCUT2D eigenvalue weighted by Gasteiger charge is -2.16. The fourth-order valence-corrected chi connectivity index (χ4v) is 3.41. The first-order chi connectivity index (χ1) is 14.5. The molecule has 2 heterocycles. The van der Waals surface area contributed by atoms with Crippen molar-refractivity contribution in [2.45, 2.75) is 6.42 Å². The van der Waals surface area contributed by atoms with E-state index in [1.165, 1.54) is 27.4 Å². The number of hydrogen-bond donors (Lipinski definition) is 1. The van der Waals surface area contributed by atoms with Crippen LogP contribution in [-0.4, -0.2) is 43.0 Å². The predicted octanol–water partition coefficient (Wildman–Crippen LogP) is 2.47. The zero-order chi connectivity index (χ0) is 21.4. The monoisotopic (exact) mass is 414 g/mol. The summed E-state index contributed by atoms with van der Waals surface area (Å²) >= 11 is 0. The van der Waals surface area contributed by atoms with Crippen LogP contribution < -0.4 is 29.4 Å². The molecule has 0 bridgehead atoms. The van der Waals surface area contributed by atoms with E-state index in [0.717, 1.165) is 0 Å². The van der Waals surface area contributed by atoms with E-state index < -0.39 is 4.92 Å². The molecule has 0 amide bonds. The predicted molar refractivity (Wildman–Crippen MR) is 106 cm³/mol. The number of rotatable bonds is 6. The summed E-state index contributed by atoms with van der Waals surface area (Å²) in [5, 5.41) is 12.2. The number of methoxy groups -OCH3 is 3. The number of ether oxygens (including phenoxy) is 5. The summed E-state index contributed by atoms with van der Waals surface area (Å²) in [4.78, 5) is 19.7. The van der Waals surface area contributed by atoms with Crippen molar-refractivity contribution in [1.29, 1.82) is 0 Å². The lowest BCUT2D eigenvalue weighted by atomic mass is 10.0. The van der Waals surface area contributed by atoms with Gasteiger partial charge in [0.25, 0.3) is 5.69 Å². The topological polar surface area (TPSA) is 141 Å². The van der Waals surface area contributed by atoms with E-state index >= 15 is 0 Å². The van der Waals surface area contributed by atoms with Crippen LogP contribution >= 0.6 is 0 Å². The van der Waals surface area contributed by atoms with Crippen molar-refractivity contribution in [2.75, 3.05) is 33.9 Å². The molecule has 0 fully saturated rings. The average molecular weight is 414 g/mol.